The van der Waals surface area contributed by atoms with E-state index in [4.69, 9.17) is 11.0 Å². The summed E-state index contributed by atoms with van der Waals surface area (Å²) in [5, 5.41) is 9.86. The van der Waals surface area contributed by atoms with Gasteiger partial charge in [0.15, 0.2) is 5.82 Å². The van der Waals surface area contributed by atoms with Gasteiger partial charge in [-0.05, 0) is 12.5 Å². The van der Waals surface area contributed by atoms with Crippen molar-refractivity contribution in [2.75, 3.05) is 5.73 Å². The minimum Gasteiger partial charge on any atom is -0.383 e. The fourth-order valence-electron chi connectivity index (χ4n) is 1.99. The van der Waals surface area contributed by atoms with E-state index in [0.717, 1.165) is 21.3 Å². The highest BCUT2D eigenvalue weighted by atomic mass is 32.1. The molecule has 0 aliphatic rings. The topological polar surface area (TPSA) is 75.6 Å². The number of nitriles is 1. The number of nitrogens with zero attached hydrogens (tertiary/aromatic N) is 3. The summed E-state index contributed by atoms with van der Waals surface area (Å²) < 4.78 is 0. The summed E-state index contributed by atoms with van der Waals surface area (Å²) in [6, 6.07) is 11.8. The Kier molecular flexibility index (Phi) is 2.65. The average Bonchev–Trinajstić information content (AvgIpc) is 2.76. The molecule has 0 aliphatic heterocycles. The Bertz CT molecular complexity index is 800. The molecule has 0 radical (unpaired) electrons. The van der Waals surface area contributed by atoms with E-state index >= 15 is 0 Å². The van der Waals surface area contributed by atoms with E-state index in [-0.39, 0.29) is 0 Å². The maximum Gasteiger partial charge on any atom is 0.163 e. The van der Waals surface area contributed by atoms with Crippen molar-refractivity contribution in [2.45, 2.75) is 6.92 Å². The molecule has 0 spiro atoms. The number of hydrogen-bond acceptors (Lipinski definition) is 5. The normalized spacial score (nSPS) is 10.5. The van der Waals surface area contributed by atoms with Crippen molar-refractivity contribution in [3.8, 4) is 17.5 Å². The van der Waals surface area contributed by atoms with Crippen LogP contribution in [0.15, 0.2) is 30.3 Å². The zero-order valence-electron chi connectivity index (χ0n) is 10.2. The predicted molar refractivity (Wildman–Crippen MR) is 76.7 cm³/mol. The molecule has 2 aromatic heterocycles. The number of hydrogen-bond donors (Lipinski definition) is 1. The van der Waals surface area contributed by atoms with Gasteiger partial charge in [0, 0.05) is 5.56 Å². The summed E-state index contributed by atoms with van der Waals surface area (Å²) in [6.45, 7) is 1.87. The molecule has 2 N–H and O–H groups in total. The number of rotatable bonds is 1. The Morgan fingerprint density at radius 2 is 1.95 bits per heavy atom. The molecule has 0 fully saturated rings. The van der Waals surface area contributed by atoms with Gasteiger partial charge in [0.2, 0.25) is 0 Å². The standard InChI is InChI=1S/C14H10N4S/c1-8-10(7-15)19-14-11(8)12(16)17-13(18-14)9-5-3-2-4-6-9/h2-6H,1H3,(H2,16,17,18). The second-order valence-corrected chi connectivity index (χ2v) is 5.15. The summed E-state index contributed by atoms with van der Waals surface area (Å²) >= 11 is 1.35. The van der Waals surface area contributed by atoms with Crippen LogP contribution in [0.2, 0.25) is 0 Å². The van der Waals surface area contributed by atoms with Gasteiger partial charge < -0.3 is 5.73 Å². The summed E-state index contributed by atoms with van der Waals surface area (Å²) in [6.07, 6.45) is 0. The van der Waals surface area contributed by atoms with Crippen molar-refractivity contribution in [3.05, 3.63) is 40.8 Å². The van der Waals surface area contributed by atoms with E-state index in [2.05, 4.69) is 16.0 Å². The number of nitrogen functional groups attached to an aromatic ring is 1. The molecule has 19 heavy (non-hydrogen) atoms. The lowest BCUT2D eigenvalue weighted by Gasteiger charge is -2.02. The second-order valence-electron chi connectivity index (χ2n) is 4.15. The monoisotopic (exact) mass is 266 g/mol. The van der Waals surface area contributed by atoms with Gasteiger partial charge >= 0.3 is 0 Å². The molecule has 0 atom stereocenters. The molecule has 4 nitrogen and oxygen atoms in total. The van der Waals surface area contributed by atoms with E-state index in [0.29, 0.717) is 16.5 Å². The molecule has 2 heterocycles. The van der Waals surface area contributed by atoms with E-state index in [9.17, 15) is 0 Å². The first-order chi connectivity index (χ1) is 9.20. The molecule has 3 rings (SSSR count). The molecule has 0 saturated carbocycles. The fourth-order valence-corrected chi connectivity index (χ4v) is 2.98. The highest BCUT2D eigenvalue weighted by molar-refractivity contribution is 7.19. The SMILES string of the molecule is Cc1c(C#N)sc2nc(-c3ccccc3)nc(N)c12. The van der Waals surface area contributed by atoms with Crippen LogP contribution in [0, 0.1) is 18.3 Å². The van der Waals surface area contributed by atoms with Crippen molar-refractivity contribution in [3.63, 3.8) is 0 Å². The summed E-state index contributed by atoms with van der Waals surface area (Å²) in [5.41, 5.74) is 7.79. The first-order valence-corrected chi connectivity index (χ1v) is 6.54. The highest BCUT2D eigenvalue weighted by Gasteiger charge is 2.15. The van der Waals surface area contributed by atoms with Crippen molar-refractivity contribution in [2.24, 2.45) is 0 Å². The van der Waals surface area contributed by atoms with Crippen molar-refractivity contribution in [1.82, 2.24) is 9.97 Å². The first kappa shape index (κ1) is 11.6. The van der Waals surface area contributed by atoms with Gasteiger partial charge in [0.1, 0.15) is 21.6 Å². The number of nitrogens with two attached hydrogens (primary N) is 1. The van der Waals surface area contributed by atoms with Crippen molar-refractivity contribution in [1.29, 1.82) is 5.26 Å². The van der Waals surface area contributed by atoms with E-state index in [1.54, 1.807) is 0 Å². The Hall–Kier alpha value is -2.45. The Balaban J connectivity index is 2.29. The van der Waals surface area contributed by atoms with Gasteiger partial charge in [0.25, 0.3) is 0 Å². The number of aryl methyl sites for hydroxylation is 1. The molecule has 92 valence electrons. The molecule has 0 aliphatic carbocycles. The van der Waals surface area contributed by atoms with Crippen LogP contribution >= 0.6 is 11.3 Å². The van der Waals surface area contributed by atoms with E-state index in [1.165, 1.54) is 11.3 Å². The van der Waals surface area contributed by atoms with Crippen molar-refractivity contribution < 1.29 is 0 Å². The van der Waals surface area contributed by atoms with Crippen LogP contribution in [-0.4, -0.2) is 9.97 Å². The molecule has 1 aromatic carbocycles. The van der Waals surface area contributed by atoms with E-state index < -0.39 is 0 Å². The van der Waals surface area contributed by atoms with Gasteiger partial charge in [-0.1, -0.05) is 30.3 Å². The lowest BCUT2D eigenvalue weighted by Crippen LogP contribution is -1.96. The van der Waals surface area contributed by atoms with E-state index in [1.807, 2.05) is 37.3 Å². The molecule has 3 aromatic rings. The minimum atomic E-state index is 0.430. The lowest BCUT2D eigenvalue weighted by molar-refractivity contribution is 1.24. The quantitative estimate of drug-likeness (QED) is 0.734. The molecular weight excluding hydrogens is 256 g/mol. The number of fused-ring (bicyclic) bond motifs is 1. The number of anilines is 1. The van der Waals surface area contributed by atoms with Gasteiger partial charge in [-0.25, -0.2) is 9.97 Å². The molecule has 0 unspecified atom stereocenters. The van der Waals surface area contributed by atoms with Crippen LogP contribution < -0.4 is 5.73 Å². The molecule has 5 heteroatoms. The van der Waals surface area contributed by atoms with Crippen LogP contribution in [0.3, 0.4) is 0 Å². The maximum atomic E-state index is 9.07. The largest absolute Gasteiger partial charge is 0.383 e. The second kappa shape index (κ2) is 4.34. The summed E-state index contributed by atoms with van der Waals surface area (Å²) in [4.78, 5) is 10.3. The van der Waals surface area contributed by atoms with Crippen LogP contribution in [0.5, 0.6) is 0 Å². The van der Waals surface area contributed by atoms with Crippen LogP contribution in [0.25, 0.3) is 21.6 Å². The maximum absolute atomic E-state index is 9.07. The smallest absolute Gasteiger partial charge is 0.163 e. The molecule has 0 bridgehead atoms. The Morgan fingerprint density at radius 3 is 2.63 bits per heavy atom. The molecule has 0 saturated heterocycles. The fraction of sp³-hybridized carbons (Fsp3) is 0.0714. The third-order valence-corrected chi connectivity index (χ3v) is 4.04. The average molecular weight is 266 g/mol. The molecule has 0 amide bonds. The van der Waals surface area contributed by atoms with Crippen LogP contribution in [0.1, 0.15) is 10.4 Å². The Labute approximate surface area is 114 Å². The first-order valence-electron chi connectivity index (χ1n) is 5.73. The van der Waals surface area contributed by atoms with Gasteiger partial charge in [-0.2, -0.15) is 5.26 Å². The number of benzene rings is 1. The zero-order valence-corrected chi connectivity index (χ0v) is 11.0. The lowest BCUT2D eigenvalue weighted by atomic mass is 10.2. The minimum absolute atomic E-state index is 0.430. The molecular formula is C14H10N4S. The van der Waals surface area contributed by atoms with Gasteiger partial charge in [-0.15, -0.1) is 11.3 Å². The Morgan fingerprint density at radius 1 is 1.21 bits per heavy atom. The number of thiophene rings is 1. The summed E-state index contributed by atoms with van der Waals surface area (Å²) in [7, 11) is 0. The van der Waals surface area contributed by atoms with Gasteiger partial charge in [-0.3, -0.25) is 0 Å². The number of aromatic nitrogens is 2. The van der Waals surface area contributed by atoms with Crippen LogP contribution in [-0.2, 0) is 0 Å². The predicted octanol–water partition coefficient (Wildman–Crippen LogP) is 3.12. The van der Waals surface area contributed by atoms with Crippen LogP contribution in [0.4, 0.5) is 5.82 Å². The highest BCUT2D eigenvalue weighted by Crippen LogP contribution is 2.33. The van der Waals surface area contributed by atoms with Crippen molar-refractivity contribution >= 4 is 27.4 Å². The third kappa shape index (κ3) is 1.83. The zero-order chi connectivity index (χ0) is 13.4. The third-order valence-electron chi connectivity index (χ3n) is 2.95. The summed E-state index contributed by atoms with van der Waals surface area (Å²) in [5.74, 6) is 1.02. The van der Waals surface area contributed by atoms with Gasteiger partial charge in [0.05, 0.1) is 5.39 Å².